The van der Waals surface area contributed by atoms with Gasteiger partial charge < -0.3 is 10.6 Å². The molecule has 17 heavy (non-hydrogen) atoms. The van der Waals surface area contributed by atoms with E-state index in [4.69, 9.17) is 5.73 Å². The summed E-state index contributed by atoms with van der Waals surface area (Å²) in [5.41, 5.74) is 6.05. The van der Waals surface area contributed by atoms with Crippen molar-refractivity contribution in [3.8, 4) is 0 Å². The van der Waals surface area contributed by atoms with Crippen LogP contribution in [0.5, 0.6) is 0 Å². The fourth-order valence-corrected chi connectivity index (χ4v) is 2.39. The number of amides is 1. The molecule has 1 fully saturated rings. The fraction of sp³-hybridized carbons (Fsp3) is 0.538. The van der Waals surface area contributed by atoms with Gasteiger partial charge in [0, 0.05) is 13.1 Å². The molecule has 0 bridgehead atoms. The molecule has 1 aromatic heterocycles. The Balaban J connectivity index is 2.02. The predicted molar refractivity (Wildman–Crippen MR) is 67.6 cm³/mol. The summed E-state index contributed by atoms with van der Waals surface area (Å²) in [5, 5.41) is 0. The first-order valence-corrected chi connectivity index (χ1v) is 6.22. The van der Waals surface area contributed by atoms with Crippen LogP contribution >= 0.6 is 0 Å². The molecule has 0 spiro atoms. The molecule has 1 atom stereocenters. The monoisotopic (exact) mass is 233 g/mol. The molecule has 1 unspecified atom stereocenters. The van der Waals surface area contributed by atoms with Crippen molar-refractivity contribution in [2.45, 2.75) is 26.2 Å². The van der Waals surface area contributed by atoms with Crippen LogP contribution in [0.25, 0.3) is 0 Å². The topological polar surface area (TPSA) is 59.2 Å². The lowest BCUT2D eigenvalue weighted by Gasteiger charge is -2.16. The lowest BCUT2D eigenvalue weighted by atomic mass is 10.0. The summed E-state index contributed by atoms with van der Waals surface area (Å²) in [6.45, 7) is 3.90. The third kappa shape index (κ3) is 2.75. The van der Waals surface area contributed by atoms with E-state index in [-0.39, 0.29) is 5.91 Å². The summed E-state index contributed by atoms with van der Waals surface area (Å²) >= 11 is 0. The Kier molecular flexibility index (Phi) is 3.61. The summed E-state index contributed by atoms with van der Waals surface area (Å²) in [5.74, 6) is 1.07. The summed E-state index contributed by atoms with van der Waals surface area (Å²) in [6.07, 6.45) is 3.50. The lowest BCUT2D eigenvalue weighted by Crippen LogP contribution is -2.29. The highest BCUT2D eigenvalue weighted by Crippen LogP contribution is 2.22. The van der Waals surface area contributed by atoms with Crippen LogP contribution in [-0.2, 0) is 0 Å². The number of rotatable bonds is 3. The number of hydrogen-bond donors (Lipinski definition) is 1. The maximum Gasteiger partial charge on any atom is 0.272 e. The van der Waals surface area contributed by atoms with E-state index in [9.17, 15) is 4.79 Å². The highest BCUT2D eigenvalue weighted by molar-refractivity contribution is 5.92. The van der Waals surface area contributed by atoms with Gasteiger partial charge in [-0.2, -0.15) is 0 Å². The Morgan fingerprint density at radius 2 is 2.41 bits per heavy atom. The Morgan fingerprint density at radius 3 is 3.12 bits per heavy atom. The van der Waals surface area contributed by atoms with Crippen LogP contribution in [0.4, 0.5) is 5.82 Å². The third-order valence-corrected chi connectivity index (χ3v) is 3.26. The molecule has 0 aromatic carbocycles. The number of carbonyl (C=O) groups is 1. The maximum atomic E-state index is 12.2. The summed E-state index contributed by atoms with van der Waals surface area (Å²) in [4.78, 5) is 18.1. The summed E-state index contributed by atoms with van der Waals surface area (Å²) in [7, 11) is 0. The lowest BCUT2D eigenvalue weighted by molar-refractivity contribution is 0.0781. The van der Waals surface area contributed by atoms with Crippen LogP contribution in [0.3, 0.4) is 0 Å². The van der Waals surface area contributed by atoms with Crippen molar-refractivity contribution in [2.75, 3.05) is 18.8 Å². The minimum atomic E-state index is 0.0101. The van der Waals surface area contributed by atoms with E-state index in [1.807, 2.05) is 4.90 Å². The summed E-state index contributed by atoms with van der Waals surface area (Å²) in [6, 6.07) is 5.20. The zero-order valence-electron chi connectivity index (χ0n) is 10.2. The second kappa shape index (κ2) is 5.17. The number of anilines is 1. The molecule has 0 aliphatic carbocycles. The minimum Gasteiger partial charge on any atom is -0.384 e. The van der Waals surface area contributed by atoms with Crippen LogP contribution < -0.4 is 5.73 Å². The normalized spacial score (nSPS) is 19.6. The summed E-state index contributed by atoms with van der Waals surface area (Å²) < 4.78 is 0. The van der Waals surface area contributed by atoms with Crippen LogP contribution in [-0.4, -0.2) is 28.9 Å². The number of hydrogen-bond acceptors (Lipinski definition) is 3. The second-order valence-electron chi connectivity index (χ2n) is 4.64. The van der Waals surface area contributed by atoms with E-state index < -0.39 is 0 Å². The van der Waals surface area contributed by atoms with Gasteiger partial charge in [-0.05, 0) is 30.9 Å². The van der Waals surface area contributed by atoms with Crippen molar-refractivity contribution in [1.29, 1.82) is 0 Å². The van der Waals surface area contributed by atoms with Gasteiger partial charge in [0.05, 0.1) is 0 Å². The van der Waals surface area contributed by atoms with Gasteiger partial charge in [0.1, 0.15) is 11.5 Å². The first kappa shape index (κ1) is 11.9. The standard InChI is InChI=1S/C13H19N3O/c1-2-4-10-7-8-16(9-10)13(17)11-5-3-6-12(14)15-11/h3,5-6,10H,2,4,7-9H2,1H3,(H2,14,15). The zero-order valence-corrected chi connectivity index (χ0v) is 10.2. The van der Waals surface area contributed by atoms with Gasteiger partial charge >= 0.3 is 0 Å². The average Bonchev–Trinajstić information content (AvgIpc) is 2.77. The van der Waals surface area contributed by atoms with E-state index in [0.717, 1.165) is 19.5 Å². The molecular weight excluding hydrogens is 214 g/mol. The highest BCUT2D eigenvalue weighted by Gasteiger charge is 2.26. The average molecular weight is 233 g/mol. The van der Waals surface area contributed by atoms with Gasteiger partial charge in [0.2, 0.25) is 0 Å². The Labute approximate surface area is 102 Å². The molecule has 1 aliphatic rings. The van der Waals surface area contributed by atoms with E-state index in [2.05, 4.69) is 11.9 Å². The first-order valence-electron chi connectivity index (χ1n) is 6.22. The molecule has 92 valence electrons. The molecule has 1 saturated heterocycles. The third-order valence-electron chi connectivity index (χ3n) is 3.26. The van der Waals surface area contributed by atoms with Crippen molar-refractivity contribution in [2.24, 2.45) is 5.92 Å². The van der Waals surface area contributed by atoms with Crippen LogP contribution in [0.15, 0.2) is 18.2 Å². The molecule has 2 rings (SSSR count). The van der Waals surface area contributed by atoms with Gasteiger partial charge in [-0.15, -0.1) is 0 Å². The highest BCUT2D eigenvalue weighted by atomic mass is 16.2. The van der Waals surface area contributed by atoms with Gasteiger partial charge in [0.15, 0.2) is 0 Å². The predicted octanol–water partition coefficient (Wildman–Crippen LogP) is 1.93. The van der Waals surface area contributed by atoms with E-state index in [0.29, 0.717) is 17.4 Å². The zero-order chi connectivity index (χ0) is 12.3. The molecule has 1 aliphatic heterocycles. The van der Waals surface area contributed by atoms with Gasteiger partial charge in [-0.3, -0.25) is 4.79 Å². The molecule has 2 N–H and O–H groups in total. The maximum absolute atomic E-state index is 12.2. The molecule has 0 saturated carbocycles. The van der Waals surface area contributed by atoms with Crippen molar-refractivity contribution in [3.05, 3.63) is 23.9 Å². The molecule has 1 amide bonds. The number of aromatic nitrogens is 1. The van der Waals surface area contributed by atoms with Crippen molar-refractivity contribution >= 4 is 11.7 Å². The Bertz CT molecular complexity index is 405. The number of nitrogens with zero attached hydrogens (tertiary/aromatic N) is 2. The van der Waals surface area contributed by atoms with Gasteiger partial charge in [-0.1, -0.05) is 19.4 Å². The smallest absolute Gasteiger partial charge is 0.272 e. The fourth-order valence-electron chi connectivity index (χ4n) is 2.39. The number of likely N-dealkylation sites (tertiary alicyclic amines) is 1. The van der Waals surface area contributed by atoms with E-state index in [1.54, 1.807) is 18.2 Å². The molecule has 2 heterocycles. The quantitative estimate of drug-likeness (QED) is 0.867. The molecule has 4 nitrogen and oxygen atoms in total. The van der Waals surface area contributed by atoms with Crippen LogP contribution in [0.2, 0.25) is 0 Å². The number of pyridine rings is 1. The SMILES string of the molecule is CCCC1CCN(C(=O)c2cccc(N)n2)C1. The van der Waals surface area contributed by atoms with Crippen molar-refractivity contribution in [3.63, 3.8) is 0 Å². The first-order chi connectivity index (χ1) is 8.20. The van der Waals surface area contributed by atoms with Crippen molar-refractivity contribution in [1.82, 2.24) is 9.88 Å². The number of nitrogens with two attached hydrogens (primary N) is 1. The molecule has 1 aromatic rings. The second-order valence-corrected chi connectivity index (χ2v) is 4.64. The van der Waals surface area contributed by atoms with E-state index in [1.165, 1.54) is 12.8 Å². The van der Waals surface area contributed by atoms with Gasteiger partial charge in [-0.25, -0.2) is 4.98 Å². The largest absolute Gasteiger partial charge is 0.384 e. The minimum absolute atomic E-state index is 0.0101. The van der Waals surface area contributed by atoms with Crippen LogP contribution in [0.1, 0.15) is 36.7 Å². The van der Waals surface area contributed by atoms with Crippen LogP contribution in [0, 0.1) is 5.92 Å². The number of nitrogen functional groups attached to an aromatic ring is 1. The van der Waals surface area contributed by atoms with E-state index >= 15 is 0 Å². The Morgan fingerprint density at radius 1 is 1.59 bits per heavy atom. The van der Waals surface area contributed by atoms with Gasteiger partial charge in [0.25, 0.3) is 5.91 Å². The Hall–Kier alpha value is -1.58. The molecular formula is C13H19N3O. The molecule has 0 radical (unpaired) electrons. The van der Waals surface area contributed by atoms with Crippen molar-refractivity contribution < 1.29 is 4.79 Å². The number of carbonyl (C=O) groups excluding carboxylic acids is 1. The molecule has 4 heteroatoms.